The number of carbonyl (C=O) groups excluding carboxylic acids is 1. The minimum Gasteiger partial charge on any atom is -0.352 e. The van der Waals surface area contributed by atoms with E-state index >= 15 is 0 Å². The summed E-state index contributed by atoms with van der Waals surface area (Å²) in [6.07, 6.45) is 2.75. The van der Waals surface area contributed by atoms with Crippen molar-refractivity contribution in [2.24, 2.45) is 5.92 Å². The highest BCUT2D eigenvalue weighted by Crippen LogP contribution is 2.33. The van der Waals surface area contributed by atoms with Crippen molar-refractivity contribution in [3.05, 3.63) is 35.4 Å². The maximum absolute atomic E-state index is 13.6. The van der Waals surface area contributed by atoms with Gasteiger partial charge in [0.25, 0.3) is 5.91 Å². The Labute approximate surface area is 140 Å². The largest absolute Gasteiger partial charge is 0.352 e. The second kappa shape index (κ2) is 6.76. The van der Waals surface area contributed by atoms with Gasteiger partial charge in [-0.25, -0.2) is 21.5 Å². The Hall–Kier alpha value is -1.54. The van der Waals surface area contributed by atoms with Gasteiger partial charge in [0.2, 0.25) is 10.0 Å². The number of benzene rings is 1. The van der Waals surface area contributed by atoms with Gasteiger partial charge in [0, 0.05) is 19.6 Å². The number of nitrogens with zero attached hydrogens (tertiary/aromatic N) is 1. The van der Waals surface area contributed by atoms with Crippen LogP contribution < -0.4 is 5.32 Å². The van der Waals surface area contributed by atoms with Crippen LogP contribution in [0.4, 0.5) is 8.78 Å². The van der Waals surface area contributed by atoms with Crippen molar-refractivity contribution >= 4 is 15.9 Å². The number of amides is 1. The molecule has 8 heteroatoms. The van der Waals surface area contributed by atoms with E-state index in [9.17, 15) is 22.0 Å². The van der Waals surface area contributed by atoms with Crippen molar-refractivity contribution in [2.75, 3.05) is 19.6 Å². The first-order valence-electron chi connectivity index (χ1n) is 8.10. The van der Waals surface area contributed by atoms with Crippen molar-refractivity contribution in [3.8, 4) is 0 Å². The van der Waals surface area contributed by atoms with Gasteiger partial charge in [-0.1, -0.05) is 6.07 Å². The fraction of sp³-hybridized carbons (Fsp3) is 0.562. The number of nitrogens with one attached hydrogen (secondary N) is 1. The SMILES string of the molecule is O=C(NCC1CCN(S(=O)(=O)C2CC2)CC1)c1c(F)cccc1F. The maximum Gasteiger partial charge on any atom is 0.257 e. The molecule has 3 rings (SSSR count). The lowest BCUT2D eigenvalue weighted by atomic mass is 9.98. The van der Waals surface area contributed by atoms with Crippen LogP contribution in [0, 0.1) is 17.6 Å². The van der Waals surface area contributed by atoms with Crippen LogP contribution in [0.1, 0.15) is 36.0 Å². The summed E-state index contributed by atoms with van der Waals surface area (Å²) in [5.74, 6) is -2.45. The lowest BCUT2D eigenvalue weighted by molar-refractivity contribution is 0.0933. The Morgan fingerprint density at radius 1 is 1.12 bits per heavy atom. The Morgan fingerprint density at radius 2 is 1.71 bits per heavy atom. The molecule has 132 valence electrons. The number of piperidine rings is 1. The lowest BCUT2D eigenvalue weighted by Gasteiger charge is -2.31. The molecule has 0 spiro atoms. The molecule has 1 heterocycles. The van der Waals surface area contributed by atoms with Crippen molar-refractivity contribution < 1.29 is 22.0 Å². The second-order valence-electron chi connectivity index (χ2n) is 6.39. The topological polar surface area (TPSA) is 66.5 Å². The summed E-state index contributed by atoms with van der Waals surface area (Å²) < 4.78 is 52.9. The molecule has 0 unspecified atom stereocenters. The minimum atomic E-state index is -3.15. The van der Waals surface area contributed by atoms with Gasteiger partial charge in [0.1, 0.15) is 17.2 Å². The van der Waals surface area contributed by atoms with Gasteiger partial charge in [-0.15, -0.1) is 0 Å². The highest BCUT2D eigenvalue weighted by molar-refractivity contribution is 7.90. The molecule has 5 nitrogen and oxygen atoms in total. The first-order chi connectivity index (χ1) is 11.4. The summed E-state index contributed by atoms with van der Waals surface area (Å²) in [5, 5.41) is 2.34. The molecule has 0 radical (unpaired) electrons. The third-order valence-corrected chi connectivity index (χ3v) is 7.02. The van der Waals surface area contributed by atoms with Crippen molar-refractivity contribution in [1.29, 1.82) is 0 Å². The van der Waals surface area contributed by atoms with Crippen molar-refractivity contribution in [3.63, 3.8) is 0 Å². The van der Waals surface area contributed by atoms with E-state index in [1.807, 2.05) is 0 Å². The van der Waals surface area contributed by atoms with Crippen LogP contribution in [0.5, 0.6) is 0 Å². The van der Waals surface area contributed by atoms with Gasteiger partial charge in [0.15, 0.2) is 0 Å². The summed E-state index contributed by atoms with van der Waals surface area (Å²) >= 11 is 0. The molecule has 1 saturated carbocycles. The molecule has 1 aliphatic heterocycles. The molecule has 2 aliphatic rings. The monoisotopic (exact) mass is 358 g/mol. The van der Waals surface area contributed by atoms with E-state index in [2.05, 4.69) is 5.32 Å². The Balaban J connectivity index is 1.51. The molecule has 0 atom stereocenters. The Kier molecular flexibility index (Phi) is 4.87. The van der Waals surface area contributed by atoms with Crippen molar-refractivity contribution in [1.82, 2.24) is 9.62 Å². The molecule has 2 fully saturated rings. The normalized spacial score (nSPS) is 20.1. The van der Waals surface area contributed by atoms with E-state index in [1.54, 1.807) is 0 Å². The van der Waals surface area contributed by atoms with Gasteiger partial charge in [-0.2, -0.15) is 0 Å². The molecule has 0 bridgehead atoms. The average molecular weight is 358 g/mol. The Morgan fingerprint density at radius 3 is 2.25 bits per heavy atom. The fourth-order valence-corrected chi connectivity index (χ4v) is 4.86. The molecule has 1 aromatic rings. The number of hydrogen-bond acceptors (Lipinski definition) is 3. The smallest absolute Gasteiger partial charge is 0.257 e. The van der Waals surface area contributed by atoms with E-state index in [0.29, 0.717) is 25.9 Å². The molecule has 1 aliphatic carbocycles. The summed E-state index contributed by atoms with van der Waals surface area (Å²) in [5.41, 5.74) is -0.578. The van der Waals surface area contributed by atoms with Gasteiger partial charge in [-0.3, -0.25) is 4.79 Å². The number of hydrogen-bond donors (Lipinski definition) is 1. The quantitative estimate of drug-likeness (QED) is 0.874. The number of rotatable bonds is 5. The number of carbonyl (C=O) groups is 1. The van der Waals surface area contributed by atoms with E-state index in [0.717, 1.165) is 25.0 Å². The van der Waals surface area contributed by atoms with E-state index in [1.165, 1.54) is 10.4 Å². The van der Waals surface area contributed by atoms with Crippen LogP contribution in [-0.4, -0.2) is 43.5 Å². The van der Waals surface area contributed by atoms with E-state index in [-0.39, 0.29) is 17.7 Å². The molecular weight excluding hydrogens is 338 g/mol. The summed E-state index contributed by atoms with van der Waals surface area (Å²) in [7, 11) is -3.15. The standard InChI is InChI=1S/C16H20F2N2O3S/c17-13-2-1-3-14(18)15(13)16(21)19-10-11-6-8-20(9-7-11)24(22,23)12-4-5-12/h1-3,11-12H,4-10H2,(H,19,21). The lowest BCUT2D eigenvalue weighted by Crippen LogP contribution is -2.42. The fourth-order valence-electron chi connectivity index (χ4n) is 2.98. The highest BCUT2D eigenvalue weighted by atomic mass is 32.2. The summed E-state index contributed by atoms with van der Waals surface area (Å²) in [6, 6.07) is 3.29. The molecule has 1 amide bonds. The van der Waals surface area contributed by atoms with Crippen LogP contribution in [0.2, 0.25) is 0 Å². The summed E-state index contributed by atoms with van der Waals surface area (Å²) in [6.45, 7) is 1.16. The zero-order chi connectivity index (χ0) is 17.3. The highest BCUT2D eigenvalue weighted by Gasteiger charge is 2.41. The molecular formula is C16H20F2N2O3S. The van der Waals surface area contributed by atoms with E-state index < -0.39 is 33.1 Å². The minimum absolute atomic E-state index is 0.106. The molecule has 24 heavy (non-hydrogen) atoms. The van der Waals surface area contributed by atoms with Crippen LogP contribution in [0.15, 0.2) is 18.2 Å². The molecule has 1 N–H and O–H groups in total. The van der Waals surface area contributed by atoms with Gasteiger partial charge in [0.05, 0.1) is 5.25 Å². The number of halogens is 2. The predicted octanol–water partition coefficient (Wildman–Crippen LogP) is 1.90. The van der Waals surface area contributed by atoms with Crippen LogP contribution >= 0.6 is 0 Å². The van der Waals surface area contributed by atoms with Crippen LogP contribution in [0.25, 0.3) is 0 Å². The second-order valence-corrected chi connectivity index (χ2v) is 8.61. The summed E-state index contributed by atoms with van der Waals surface area (Å²) in [4.78, 5) is 12.0. The van der Waals surface area contributed by atoms with Gasteiger partial charge < -0.3 is 5.32 Å². The maximum atomic E-state index is 13.6. The third-order valence-electron chi connectivity index (χ3n) is 4.62. The van der Waals surface area contributed by atoms with Crippen LogP contribution in [-0.2, 0) is 10.0 Å². The van der Waals surface area contributed by atoms with Gasteiger partial charge in [-0.05, 0) is 43.7 Å². The molecule has 1 aromatic carbocycles. The first-order valence-corrected chi connectivity index (χ1v) is 9.61. The van der Waals surface area contributed by atoms with Crippen molar-refractivity contribution in [2.45, 2.75) is 30.9 Å². The zero-order valence-electron chi connectivity index (χ0n) is 13.2. The van der Waals surface area contributed by atoms with Gasteiger partial charge >= 0.3 is 0 Å². The first kappa shape index (κ1) is 17.3. The molecule has 0 aromatic heterocycles. The van der Waals surface area contributed by atoms with Crippen LogP contribution in [0.3, 0.4) is 0 Å². The third kappa shape index (κ3) is 3.59. The zero-order valence-corrected chi connectivity index (χ0v) is 14.0. The molecule has 1 saturated heterocycles. The number of sulfonamides is 1. The van der Waals surface area contributed by atoms with E-state index in [4.69, 9.17) is 0 Å². The predicted molar refractivity (Wildman–Crippen MR) is 84.9 cm³/mol. The Bertz CT molecular complexity index is 707. The average Bonchev–Trinajstić information content (AvgIpc) is 3.38.